The first-order valence-electron chi connectivity index (χ1n) is 11.2. The van der Waals surface area contributed by atoms with Crippen LogP contribution in [0.3, 0.4) is 0 Å². The number of nitrogens with zero attached hydrogens (tertiary/aromatic N) is 2. The molecule has 4 nitrogen and oxygen atoms in total. The number of anilines is 2. The van der Waals surface area contributed by atoms with Crippen LogP contribution in [0.25, 0.3) is 0 Å². The Kier molecular flexibility index (Phi) is 5.79. The summed E-state index contributed by atoms with van der Waals surface area (Å²) in [4.78, 5) is 6.10. The highest BCUT2D eigenvalue weighted by molar-refractivity contribution is 7.12. The van der Waals surface area contributed by atoms with Crippen molar-refractivity contribution in [2.75, 3.05) is 30.4 Å². The number of rotatable bonds is 6. The number of nitrogens with one attached hydrogen (secondary N) is 2. The highest BCUT2D eigenvalue weighted by atomic mass is 32.1. The zero-order chi connectivity index (χ0) is 21.2. The summed E-state index contributed by atoms with van der Waals surface area (Å²) in [6.07, 6.45) is 4.87. The summed E-state index contributed by atoms with van der Waals surface area (Å²) in [5, 5.41) is 13.7. The molecule has 3 heterocycles. The minimum atomic E-state index is 0.384. The summed E-state index contributed by atoms with van der Waals surface area (Å²) in [5.74, 6) is 0.466. The van der Waals surface area contributed by atoms with E-state index < -0.39 is 0 Å². The van der Waals surface area contributed by atoms with Gasteiger partial charge in [-0.3, -0.25) is 5.41 Å². The molecule has 160 valence electrons. The van der Waals surface area contributed by atoms with Crippen molar-refractivity contribution in [3.05, 3.63) is 82.0 Å². The van der Waals surface area contributed by atoms with Crippen molar-refractivity contribution < 1.29 is 0 Å². The number of thiophene rings is 1. The number of amidine groups is 1. The van der Waals surface area contributed by atoms with Crippen LogP contribution >= 0.6 is 11.3 Å². The van der Waals surface area contributed by atoms with E-state index in [1.807, 2.05) is 17.5 Å². The molecule has 2 aliphatic rings. The molecule has 2 aliphatic heterocycles. The van der Waals surface area contributed by atoms with E-state index in [0.717, 1.165) is 23.5 Å². The van der Waals surface area contributed by atoms with Crippen LogP contribution in [-0.2, 0) is 6.42 Å². The monoisotopic (exact) mass is 430 g/mol. The van der Waals surface area contributed by atoms with Gasteiger partial charge in [0.1, 0.15) is 5.84 Å². The van der Waals surface area contributed by atoms with Crippen molar-refractivity contribution >= 4 is 28.5 Å². The Bertz CT molecular complexity index is 1030. The van der Waals surface area contributed by atoms with E-state index in [2.05, 4.69) is 70.7 Å². The SMILES string of the molecule is CN1CCCC1CCN1c2ccc(NC(=N)c3cccs3)cc2CC1c1ccccc1. The van der Waals surface area contributed by atoms with Gasteiger partial charge in [-0.15, -0.1) is 11.3 Å². The summed E-state index contributed by atoms with van der Waals surface area (Å²) >= 11 is 1.59. The molecule has 0 aliphatic carbocycles. The summed E-state index contributed by atoms with van der Waals surface area (Å²) in [5.41, 5.74) is 5.11. The van der Waals surface area contributed by atoms with Crippen molar-refractivity contribution in [2.45, 2.75) is 37.8 Å². The predicted octanol–water partition coefficient (Wildman–Crippen LogP) is 5.77. The maximum absolute atomic E-state index is 8.36. The second-order valence-corrected chi connectivity index (χ2v) is 9.66. The summed E-state index contributed by atoms with van der Waals surface area (Å²) < 4.78 is 0. The van der Waals surface area contributed by atoms with E-state index in [4.69, 9.17) is 5.41 Å². The zero-order valence-electron chi connectivity index (χ0n) is 18.1. The van der Waals surface area contributed by atoms with Crippen LogP contribution in [0.1, 0.15) is 41.3 Å². The van der Waals surface area contributed by atoms with Gasteiger partial charge in [0.2, 0.25) is 0 Å². The van der Waals surface area contributed by atoms with Crippen LogP contribution < -0.4 is 10.2 Å². The molecule has 2 atom stereocenters. The van der Waals surface area contributed by atoms with Gasteiger partial charge in [-0.05, 0) is 80.0 Å². The fourth-order valence-corrected chi connectivity index (χ4v) is 5.73. The van der Waals surface area contributed by atoms with E-state index >= 15 is 0 Å². The minimum absolute atomic E-state index is 0.384. The number of fused-ring (bicyclic) bond motifs is 1. The molecule has 0 radical (unpaired) electrons. The molecule has 3 aromatic rings. The van der Waals surface area contributed by atoms with E-state index in [0.29, 0.717) is 17.9 Å². The number of benzene rings is 2. The van der Waals surface area contributed by atoms with Crippen molar-refractivity contribution in [2.24, 2.45) is 0 Å². The molecule has 5 heteroatoms. The van der Waals surface area contributed by atoms with Crippen molar-refractivity contribution in [1.82, 2.24) is 4.90 Å². The first-order chi connectivity index (χ1) is 15.2. The quantitative estimate of drug-likeness (QED) is 0.385. The molecule has 0 bridgehead atoms. The van der Waals surface area contributed by atoms with Gasteiger partial charge in [0.05, 0.1) is 10.9 Å². The summed E-state index contributed by atoms with van der Waals surface area (Å²) in [7, 11) is 2.27. The van der Waals surface area contributed by atoms with Crippen LogP contribution in [0.2, 0.25) is 0 Å². The van der Waals surface area contributed by atoms with Gasteiger partial charge in [-0.25, -0.2) is 0 Å². The summed E-state index contributed by atoms with van der Waals surface area (Å²) in [6.45, 7) is 2.31. The van der Waals surface area contributed by atoms with Gasteiger partial charge in [-0.1, -0.05) is 36.4 Å². The Morgan fingerprint density at radius 2 is 2.00 bits per heavy atom. The molecule has 0 amide bonds. The van der Waals surface area contributed by atoms with Crippen LogP contribution in [0.15, 0.2) is 66.0 Å². The Balaban J connectivity index is 1.38. The Morgan fingerprint density at radius 1 is 1.13 bits per heavy atom. The lowest BCUT2D eigenvalue weighted by Crippen LogP contribution is -2.32. The second-order valence-electron chi connectivity index (χ2n) is 8.71. The van der Waals surface area contributed by atoms with E-state index in [-0.39, 0.29) is 0 Å². The molecule has 2 unspecified atom stereocenters. The lowest BCUT2D eigenvalue weighted by Gasteiger charge is -2.30. The van der Waals surface area contributed by atoms with Crippen LogP contribution in [0.4, 0.5) is 11.4 Å². The van der Waals surface area contributed by atoms with Crippen LogP contribution in [-0.4, -0.2) is 36.9 Å². The molecule has 0 spiro atoms. The molecule has 5 rings (SSSR count). The molecule has 1 aromatic heterocycles. The lowest BCUT2D eigenvalue weighted by atomic mass is 10.0. The first-order valence-corrected chi connectivity index (χ1v) is 12.1. The average Bonchev–Trinajstić information content (AvgIpc) is 3.53. The third kappa shape index (κ3) is 4.25. The van der Waals surface area contributed by atoms with Gasteiger partial charge >= 0.3 is 0 Å². The fourth-order valence-electron chi connectivity index (χ4n) is 5.10. The van der Waals surface area contributed by atoms with E-state index in [1.165, 1.54) is 42.6 Å². The average molecular weight is 431 g/mol. The zero-order valence-corrected chi connectivity index (χ0v) is 18.9. The normalized spacial score (nSPS) is 20.7. The molecule has 1 fully saturated rings. The maximum Gasteiger partial charge on any atom is 0.140 e. The first kappa shape index (κ1) is 20.3. The smallest absolute Gasteiger partial charge is 0.140 e. The summed E-state index contributed by atoms with van der Waals surface area (Å²) in [6, 6.07) is 22.6. The topological polar surface area (TPSA) is 42.4 Å². The molecule has 31 heavy (non-hydrogen) atoms. The molecular formula is C26H30N4S. The number of likely N-dealkylation sites (tertiary alicyclic amines) is 1. The van der Waals surface area contributed by atoms with Crippen molar-refractivity contribution in [3.8, 4) is 0 Å². The molecular weight excluding hydrogens is 400 g/mol. The highest BCUT2D eigenvalue weighted by Crippen LogP contribution is 2.42. The van der Waals surface area contributed by atoms with Crippen LogP contribution in [0.5, 0.6) is 0 Å². The van der Waals surface area contributed by atoms with Gasteiger partial charge in [0, 0.05) is 24.0 Å². The predicted molar refractivity (Wildman–Crippen MR) is 132 cm³/mol. The van der Waals surface area contributed by atoms with Gasteiger partial charge < -0.3 is 15.1 Å². The van der Waals surface area contributed by atoms with E-state index in [1.54, 1.807) is 11.3 Å². The van der Waals surface area contributed by atoms with Crippen molar-refractivity contribution in [3.63, 3.8) is 0 Å². The number of hydrogen-bond acceptors (Lipinski definition) is 4. The lowest BCUT2D eigenvalue weighted by molar-refractivity contribution is 0.296. The standard InChI is InChI=1S/C26H30N4S/c1-29-14-5-9-22(29)13-15-30-23-12-11-21(28-26(27)25-10-6-16-31-25)17-20(23)18-24(30)19-7-3-2-4-8-19/h2-4,6-8,10-12,16-17,22,24H,5,9,13-15,18H2,1H3,(H2,27,28). The Morgan fingerprint density at radius 3 is 2.74 bits per heavy atom. The van der Waals surface area contributed by atoms with E-state index in [9.17, 15) is 0 Å². The Labute approximate surface area is 189 Å². The highest BCUT2D eigenvalue weighted by Gasteiger charge is 2.32. The number of hydrogen-bond donors (Lipinski definition) is 2. The molecule has 2 aromatic carbocycles. The van der Waals surface area contributed by atoms with Crippen LogP contribution in [0, 0.1) is 5.41 Å². The third-order valence-electron chi connectivity index (χ3n) is 6.77. The molecule has 2 N–H and O–H groups in total. The Hall–Kier alpha value is -2.63. The van der Waals surface area contributed by atoms with Gasteiger partial charge in [0.25, 0.3) is 0 Å². The molecule has 1 saturated heterocycles. The van der Waals surface area contributed by atoms with Gasteiger partial charge in [0.15, 0.2) is 0 Å². The minimum Gasteiger partial charge on any atom is -0.364 e. The largest absolute Gasteiger partial charge is 0.364 e. The molecule has 0 saturated carbocycles. The second kappa shape index (κ2) is 8.85. The van der Waals surface area contributed by atoms with Crippen molar-refractivity contribution in [1.29, 1.82) is 5.41 Å². The third-order valence-corrected chi connectivity index (χ3v) is 7.66. The maximum atomic E-state index is 8.36. The fraction of sp³-hybridized carbons (Fsp3) is 0.346. The van der Waals surface area contributed by atoms with Gasteiger partial charge in [-0.2, -0.15) is 0 Å².